The first-order valence-electron chi connectivity index (χ1n) is 11.1. The molecule has 2 unspecified atom stereocenters. The Kier molecular flexibility index (Phi) is 6.03. The van der Waals surface area contributed by atoms with Crippen LogP contribution in [0.4, 0.5) is 27.6 Å². The highest BCUT2D eigenvalue weighted by Crippen LogP contribution is 2.36. The van der Waals surface area contributed by atoms with Gasteiger partial charge in [0.25, 0.3) is 0 Å². The zero-order valence-corrected chi connectivity index (χ0v) is 19.5. The molecule has 36 heavy (non-hydrogen) atoms. The Balaban J connectivity index is 1.42. The smallest absolute Gasteiger partial charge is 0.406 e. The van der Waals surface area contributed by atoms with Crippen LogP contribution in [0.3, 0.4) is 0 Å². The maximum absolute atomic E-state index is 14.0. The van der Waals surface area contributed by atoms with Crippen molar-refractivity contribution >= 4 is 37.6 Å². The van der Waals surface area contributed by atoms with Crippen LogP contribution in [-0.2, 0) is 10.1 Å². The predicted molar refractivity (Wildman–Crippen MR) is 127 cm³/mol. The number of hydrogen-bond acceptors (Lipinski definition) is 3. The molecule has 0 aliphatic carbocycles. The summed E-state index contributed by atoms with van der Waals surface area (Å²) in [7, 11) is -3.54. The van der Waals surface area contributed by atoms with E-state index in [0.29, 0.717) is 41.2 Å². The molecule has 1 aliphatic heterocycles. The van der Waals surface area contributed by atoms with Gasteiger partial charge >= 0.3 is 6.36 Å². The first kappa shape index (κ1) is 24.3. The minimum absolute atomic E-state index is 0.203. The molecule has 0 radical (unpaired) electrons. The lowest BCUT2D eigenvalue weighted by atomic mass is 10.1. The average Bonchev–Trinajstić information content (AvgIpc) is 3.12. The molecule has 12 heteroatoms. The summed E-state index contributed by atoms with van der Waals surface area (Å²) in [4.78, 5) is 0. The molecular weight excluding hydrogens is 503 g/mol. The van der Waals surface area contributed by atoms with Crippen molar-refractivity contribution in [2.45, 2.75) is 25.2 Å². The van der Waals surface area contributed by atoms with Crippen LogP contribution in [0.1, 0.15) is 18.9 Å². The van der Waals surface area contributed by atoms with Crippen molar-refractivity contribution in [2.75, 3.05) is 17.8 Å². The van der Waals surface area contributed by atoms with Crippen molar-refractivity contribution in [1.29, 1.82) is 4.78 Å². The number of rotatable bonds is 5. The van der Waals surface area contributed by atoms with Crippen molar-refractivity contribution in [3.05, 3.63) is 72.3 Å². The second-order valence-electron chi connectivity index (χ2n) is 8.58. The van der Waals surface area contributed by atoms with Crippen LogP contribution in [0.5, 0.6) is 5.75 Å². The van der Waals surface area contributed by atoms with Crippen LogP contribution in [0.25, 0.3) is 21.8 Å². The lowest BCUT2D eigenvalue weighted by molar-refractivity contribution is -0.274. The maximum atomic E-state index is 14.0. The number of alkyl halides is 3. The van der Waals surface area contributed by atoms with E-state index in [-0.39, 0.29) is 18.3 Å². The normalized spacial score (nSPS) is 18.9. The van der Waals surface area contributed by atoms with Gasteiger partial charge in [0.15, 0.2) is 10.1 Å². The van der Waals surface area contributed by atoms with E-state index in [2.05, 4.69) is 9.46 Å². The van der Waals surface area contributed by atoms with Crippen LogP contribution in [0.2, 0.25) is 0 Å². The van der Waals surface area contributed by atoms with E-state index in [4.69, 9.17) is 4.78 Å². The van der Waals surface area contributed by atoms with Crippen molar-refractivity contribution in [1.82, 2.24) is 8.87 Å². The Bertz CT molecular complexity index is 1480. The first-order valence-corrected chi connectivity index (χ1v) is 12.6. The highest BCUT2D eigenvalue weighted by molar-refractivity contribution is 7.91. The summed E-state index contributed by atoms with van der Waals surface area (Å²) in [5, 5.41) is 1.13. The molecule has 1 aromatic heterocycles. The zero-order valence-electron chi connectivity index (χ0n) is 18.7. The zero-order chi connectivity index (χ0) is 25.7. The van der Waals surface area contributed by atoms with Crippen LogP contribution in [0.15, 0.2) is 60.7 Å². The molecule has 0 amide bonds. The van der Waals surface area contributed by atoms with Crippen molar-refractivity contribution in [2.24, 2.45) is 0 Å². The third-order valence-corrected chi connectivity index (χ3v) is 7.73. The number of ether oxygens (including phenoxy) is 1. The fourth-order valence-corrected chi connectivity index (χ4v) is 6.06. The molecule has 2 N–H and O–H groups in total. The van der Waals surface area contributed by atoms with Crippen LogP contribution < -0.4 is 9.46 Å². The summed E-state index contributed by atoms with van der Waals surface area (Å²) in [5.41, 5.74) is 1.61. The van der Waals surface area contributed by atoms with Crippen LogP contribution in [0, 0.1) is 16.4 Å². The summed E-state index contributed by atoms with van der Waals surface area (Å²) in [5.74, 6) is -1.32. The van der Waals surface area contributed by atoms with Gasteiger partial charge in [-0.15, -0.1) is 13.2 Å². The lowest BCUT2D eigenvalue weighted by Crippen LogP contribution is -2.42. The molecule has 0 bridgehead atoms. The third kappa shape index (κ3) is 4.82. The van der Waals surface area contributed by atoms with Gasteiger partial charge in [-0.1, -0.05) is 0 Å². The fraction of sp³-hybridized carbons (Fsp3) is 0.250. The van der Waals surface area contributed by atoms with Crippen molar-refractivity contribution in [3.8, 4) is 5.75 Å². The lowest BCUT2D eigenvalue weighted by Gasteiger charge is -2.35. The molecule has 6 nitrogen and oxygen atoms in total. The van der Waals surface area contributed by atoms with E-state index in [1.807, 2.05) is 4.57 Å². The Labute approximate surface area is 203 Å². The molecule has 3 aromatic carbocycles. The van der Waals surface area contributed by atoms with Gasteiger partial charge in [0.1, 0.15) is 17.4 Å². The Morgan fingerprint density at radius 1 is 0.944 bits per heavy atom. The summed E-state index contributed by atoms with van der Waals surface area (Å²) < 4.78 is 96.8. The van der Waals surface area contributed by atoms with E-state index < -0.39 is 33.8 Å². The molecular formula is C24H21F5N4O2S. The monoisotopic (exact) mass is 524 g/mol. The molecule has 1 fully saturated rings. The molecule has 2 heterocycles. The van der Waals surface area contributed by atoms with Gasteiger partial charge in [-0.25, -0.2) is 17.8 Å². The Morgan fingerprint density at radius 2 is 1.53 bits per heavy atom. The average molecular weight is 525 g/mol. The van der Waals surface area contributed by atoms with Gasteiger partial charge in [-0.2, -0.15) is 4.31 Å². The van der Waals surface area contributed by atoms with E-state index in [0.717, 1.165) is 12.1 Å². The van der Waals surface area contributed by atoms with Gasteiger partial charge in [-0.05, 0) is 73.5 Å². The molecule has 1 aliphatic rings. The second-order valence-corrected chi connectivity index (χ2v) is 10.3. The Hall–Kier alpha value is -3.38. The van der Waals surface area contributed by atoms with E-state index in [9.17, 15) is 26.2 Å². The van der Waals surface area contributed by atoms with Crippen molar-refractivity contribution in [3.63, 3.8) is 0 Å². The minimum atomic E-state index is -4.83. The predicted octanol–water partition coefficient (Wildman–Crippen LogP) is 6.60. The molecule has 1 saturated heterocycles. The molecule has 2 atom stereocenters. The Morgan fingerprint density at radius 3 is 2.08 bits per heavy atom. The van der Waals surface area contributed by atoms with E-state index >= 15 is 0 Å². The highest BCUT2D eigenvalue weighted by atomic mass is 32.2. The van der Waals surface area contributed by atoms with Gasteiger partial charge < -0.3 is 9.30 Å². The number of aromatic nitrogens is 1. The summed E-state index contributed by atoms with van der Waals surface area (Å²) in [6.45, 7) is 0.583. The minimum Gasteiger partial charge on any atom is -0.406 e. The molecule has 4 aromatic rings. The third-order valence-electron chi connectivity index (χ3n) is 6.16. The molecule has 190 valence electrons. The summed E-state index contributed by atoms with van der Waals surface area (Å²) in [6, 6.07) is 13.0. The highest BCUT2D eigenvalue weighted by Gasteiger charge is 2.32. The van der Waals surface area contributed by atoms with Gasteiger partial charge in [0, 0.05) is 46.6 Å². The summed E-state index contributed by atoms with van der Waals surface area (Å²) >= 11 is 0. The van der Waals surface area contributed by atoms with Gasteiger partial charge in [-0.3, -0.25) is 4.72 Å². The van der Waals surface area contributed by atoms with Crippen LogP contribution in [-0.4, -0.2) is 32.5 Å². The van der Waals surface area contributed by atoms with Gasteiger partial charge in [0.05, 0.1) is 0 Å². The van der Waals surface area contributed by atoms with Crippen molar-refractivity contribution < 1.29 is 30.9 Å². The number of halogens is 5. The summed E-state index contributed by atoms with van der Waals surface area (Å²) in [6.07, 6.45) is -3.52. The number of anilines is 1. The quantitative estimate of drug-likeness (QED) is 0.289. The van der Waals surface area contributed by atoms with E-state index in [1.165, 1.54) is 40.7 Å². The standard InChI is InChI=1S/C24H21F5N4O2S/c25-15-3-9-22-20(12-15)21-13-16(26)4-10-23(21)33(22)18-2-1-11-32(14-18)36(30,34)31-17-5-7-19(8-6-17)35-24(27,28)29/h3-10,12-13,18H,1-2,11,14H2,(H2,30,31,34). The topological polar surface area (TPSA) is 70.3 Å². The van der Waals surface area contributed by atoms with E-state index in [1.54, 1.807) is 12.1 Å². The number of benzene rings is 3. The molecule has 0 saturated carbocycles. The number of nitrogens with zero attached hydrogens (tertiary/aromatic N) is 2. The maximum Gasteiger partial charge on any atom is 0.573 e. The van der Waals surface area contributed by atoms with Crippen LogP contribution >= 0.6 is 0 Å². The fourth-order valence-electron chi connectivity index (χ4n) is 4.71. The SMILES string of the molecule is N=S(=O)(Nc1ccc(OC(F)(F)F)cc1)N1CCCC(n2c3ccc(F)cc3c3cc(F)ccc32)C1. The first-order chi connectivity index (χ1) is 17.0. The second kappa shape index (κ2) is 8.93. The van der Waals surface area contributed by atoms with Gasteiger partial charge in [0.2, 0.25) is 0 Å². The largest absolute Gasteiger partial charge is 0.573 e. The number of nitrogens with one attached hydrogen (secondary N) is 2. The molecule has 0 spiro atoms. The number of piperidine rings is 1. The molecule has 5 rings (SSSR count). The number of fused-ring (bicyclic) bond motifs is 3. The number of hydrogen-bond donors (Lipinski definition) is 2.